The molecule has 0 aromatic heterocycles. The van der Waals surface area contributed by atoms with Crippen molar-refractivity contribution in [2.75, 3.05) is 0 Å². The molecule has 0 fully saturated rings. The molecule has 15 heavy (non-hydrogen) atoms. The van der Waals surface area contributed by atoms with Crippen LogP contribution in [0, 0.1) is 0 Å². The van der Waals surface area contributed by atoms with Crippen LogP contribution in [0.5, 0.6) is 0 Å². The van der Waals surface area contributed by atoms with E-state index in [1.54, 1.807) is 12.1 Å². The van der Waals surface area contributed by atoms with Gasteiger partial charge < -0.3 is 4.79 Å². The Labute approximate surface area is 88.7 Å². The Morgan fingerprint density at radius 2 is 1.80 bits per heavy atom. The lowest BCUT2D eigenvalue weighted by Crippen LogP contribution is -1.99. The predicted octanol–water partition coefficient (Wildman–Crippen LogP) is 1.45. The fourth-order valence-electron chi connectivity index (χ4n) is 1.15. The number of benzene rings is 1. The van der Waals surface area contributed by atoms with Gasteiger partial charge in [-0.25, -0.2) is 0 Å². The van der Waals surface area contributed by atoms with Crippen molar-refractivity contribution in [1.82, 2.24) is 0 Å². The first-order valence-corrected chi connectivity index (χ1v) is 5.89. The van der Waals surface area contributed by atoms with Gasteiger partial charge in [0, 0.05) is 6.42 Å². The Hall–Kier alpha value is -1.20. The topological polar surface area (TPSA) is 71.4 Å². The van der Waals surface area contributed by atoms with Crippen LogP contribution >= 0.6 is 0 Å². The smallest absolute Gasteiger partial charge is 0.294 e. The van der Waals surface area contributed by atoms with Crippen LogP contribution in [0.25, 0.3) is 0 Å². The zero-order valence-electron chi connectivity index (χ0n) is 8.30. The minimum absolute atomic E-state index is 0.0915. The number of hydrogen-bond donors (Lipinski definition) is 1. The predicted molar refractivity (Wildman–Crippen MR) is 55.3 cm³/mol. The molecule has 0 bridgehead atoms. The number of Topliss-reactive ketones (excluding diaryl/α,β-unsaturated/α-hetero) is 1. The molecule has 0 aliphatic heterocycles. The lowest BCUT2D eigenvalue weighted by molar-refractivity contribution is -0.116. The van der Waals surface area contributed by atoms with Gasteiger partial charge in [0.1, 0.15) is 5.78 Å². The van der Waals surface area contributed by atoms with Crippen LogP contribution in [-0.4, -0.2) is 18.8 Å². The molecule has 0 aliphatic carbocycles. The van der Waals surface area contributed by atoms with Gasteiger partial charge in [0.2, 0.25) is 0 Å². The summed E-state index contributed by atoms with van der Waals surface area (Å²) in [4.78, 5) is 10.6. The van der Waals surface area contributed by atoms with Crippen LogP contribution in [0.3, 0.4) is 0 Å². The van der Waals surface area contributed by atoms with Gasteiger partial charge in [0.05, 0.1) is 4.90 Å². The fraction of sp³-hybridized carbons (Fsp3) is 0.300. The molecule has 1 aromatic carbocycles. The summed E-state index contributed by atoms with van der Waals surface area (Å²) in [7, 11) is -4.12. The van der Waals surface area contributed by atoms with Crippen molar-refractivity contribution in [3.05, 3.63) is 29.8 Å². The minimum atomic E-state index is -4.12. The molecule has 1 aromatic rings. The zero-order valence-corrected chi connectivity index (χ0v) is 9.12. The van der Waals surface area contributed by atoms with E-state index in [0.717, 1.165) is 5.56 Å². The van der Waals surface area contributed by atoms with E-state index in [1.807, 2.05) is 0 Å². The Balaban J connectivity index is 2.77. The Morgan fingerprint density at radius 1 is 1.27 bits per heavy atom. The third kappa shape index (κ3) is 3.81. The largest absolute Gasteiger partial charge is 0.300 e. The van der Waals surface area contributed by atoms with E-state index in [2.05, 4.69) is 0 Å². The molecule has 0 saturated heterocycles. The highest BCUT2D eigenvalue weighted by Gasteiger charge is 2.08. The standard InChI is InChI=1S/C10H12O4S/c1-8(11)2-3-9-4-6-10(7-5-9)15(12,13)14/h4-7H,2-3H2,1H3,(H,12,13,14). The highest BCUT2D eigenvalue weighted by atomic mass is 32.2. The van der Waals surface area contributed by atoms with Crippen molar-refractivity contribution >= 4 is 15.9 Å². The van der Waals surface area contributed by atoms with E-state index < -0.39 is 10.1 Å². The Bertz CT molecular complexity index is 445. The maximum Gasteiger partial charge on any atom is 0.294 e. The lowest BCUT2D eigenvalue weighted by Gasteiger charge is -2.00. The second-order valence-corrected chi connectivity index (χ2v) is 4.74. The van der Waals surface area contributed by atoms with E-state index in [1.165, 1.54) is 19.1 Å². The number of aryl methyl sites for hydroxylation is 1. The van der Waals surface area contributed by atoms with E-state index in [9.17, 15) is 13.2 Å². The summed E-state index contributed by atoms with van der Waals surface area (Å²) < 4.78 is 30.1. The number of carbonyl (C=O) groups is 1. The molecule has 1 rings (SSSR count). The van der Waals surface area contributed by atoms with Gasteiger partial charge >= 0.3 is 0 Å². The lowest BCUT2D eigenvalue weighted by atomic mass is 10.1. The molecule has 0 atom stereocenters. The highest BCUT2D eigenvalue weighted by Crippen LogP contribution is 2.11. The number of ketones is 1. The third-order valence-corrected chi connectivity index (χ3v) is 2.85. The highest BCUT2D eigenvalue weighted by molar-refractivity contribution is 7.85. The van der Waals surface area contributed by atoms with Gasteiger partial charge in [-0.2, -0.15) is 8.42 Å². The van der Waals surface area contributed by atoms with Crippen LogP contribution in [0.1, 0.15) is 18.9 Å². The van der Waals surface area contributed by atoms with Gasteiger partial charge in [-0.3, -0.25) is 4.55 Å². The van der Waals surface area contributed by atoms with Crippen molar-refractivity contribution in [2.24, 2.45) is 0 Å². The molecule has 0 heterocycles. The van der Waals surface area contributed by atoms with Crippen molar-refractivity contribution in [2.45, 2.75) is 24.7 Å². The molecular formula is C10H12O4S. The SMILES string of the molecule is CC(=O)CCc1ccc(S(=O)(=O)O)cc1. The first-order chi connectivity index (χ1) is 6.89. The summed E-state index contributed by atoms with van der Waals surface area (Å²) in [6.45, 7) is 1.51. The molecule has 0 radical (unpaired) electrons. The average Bonchev–Trinajstić information content (AvgIpc) is 2.14. The number of hydrogen-bond acceptors (Lipinski definition) is 3. The van der Waals surface area contributed by atoms with E-state index >= 15 is 0 Å². The molecule has 0 spiro atoms. The molecule has 0 aliphatic rings. The van der Waals surface area contributed by atoms with Crippen LogP contribution in [0.2, 0.25) is 0 Å². The van der Waals surface area contributed by atoms with Crippen LogP contribution < -0.4 is 0 Å². The van der Waals surface area contributed by atoms with Gasteiger partial charge in [-0.15, -0.1) is 0 Å². The third-order valence-electron chi connectivity index (χ3n) is 1.99. The second kappa shape index (κ2) is 4.55. The zero-order chi connectivity index (χ0) is 11.5. The summed E-state index contributed by atoms with van der Waals surface area (Å²) in [6.07, 6.45) is 1.02. The first-order valence-electron chi connectivity index (χ1n) is 4.45. The summed E-state index contributed by atoms with van der Waals surface area (Å²) >= 11 is 0. The maximum atomic E-state index is 10.7. The monoisotopic (exact) mass is 228 g/mol. The van der Waals surface area contributed by atoms with Gasteiger partial charge in [-0.05, 0) is 31.0 Å². The van der Waals surface area contributed by atoms with Gasteiger partial charge in [-0.1, -0.05) is 12.1 Å². The quantitative estimate of drug-likeness (QED) is 0.792. The summed E-state index contributed by atoms with van der Waals surface area (Å²) in [6, 6.07) is 5.83. The van der Waals surface area contributed by atoms with Crippen LogP contribution in [0.4, 0.5) is 0 Å². The minimum Gasteiger partial charge on any atom is -0.300 e. The average molecular weight is 228 g/mol. The van der Waals surface area contributed by atoms with Crippen molar-refractivity contribution in [3.63, 3.8) is 0 Å². The van der Waals surface area contributed by atoms with Crippen molar-refractivity contribution in [3.8, 4) is 0 Å². The van der Waals surface area contributed by atoms with E-state index in [0.29, 0.717) is 12.8 Å². The Morgan fingerprint density at radius 3 is 2.20 bits per heavy atom. The first kappa shape index (κ1) is 11.9. The van der Waals surface area contributed by atoms with Gasteiger partial charge in [0.15, 0.2) is 0 Å². The van der Waals surface area contributed by atoms with E-state index in [4.69, 9.17) is 4.55 Å². The summed E-state index contributed by atoms with van der Waals surface area (Å²) in [5, 5.41) is 0. The molecule has 5 heteroatoms. The summed E-state index contributed by atoms with van der Waals surface area (Å²) in [5.41, 5.74) is 0.873. The second-order valence-electron chi connectivity index (χ2n) is 3.32. The van der Waals surface area contributed by atoms with Crippen LogP contribution in [-0.2, 0) is 21.3 Å². The molecule has 0 amide bonds. The van der Waals surface area contributed by atoms with Crippen molar-refractivity contribution < 1.29 is 17.8 Å². The normalized spacial score (nSPS) is 11.3. The maximum absolute atomic E-state index is 10.7. The molecule has 82 valence electrons. The van der Waals surface area contributed by atoms with Crippen LogP contribution in [0.15, 0.2) is 29.2 Å². The van der Waals surface area contributed by atoms with Gasteiger partial charge in [0.25, 0.3) is 10.1 Å². The molecule has 1 N–H and O–H groups in total. The summed E-state index contributed by atoms with van der Waals surface area (Å²) in [5.74, 6) is 0.0915. The number of rotatable bonds is 4. The Kier molecular flexibility index (Phi) is 3.60. The molecular weight excluding hydrogens is 216 g/mol. The fourth-order valence-corrected chi connectivity index (χ4v) is 1.63. The van der Waals surface area contributed by atoms with E-state index in [-0.39, 0.29) is 10.7 Å². The van der Waals surface area contributed by atoms with Crippen molar-refractivity contribution in [1.29, 1.82) is 0 Å². The molecule has 0 unspecified atom stereocenters. The molecule has 4 nitrogen and oxygen atoms in total. The number of carbonyl (C=O) groups excluding carboxylic acids is 1. The molecule has 0 saturated carbocycles.